The van der Waals surface area contributed by atoms with Gasteiger partial charge in [0.1, 0.15) is 11.4 Å². The van der Waals surface area contributed by atoms with E-state index in [1.54, 1.807) is 18.2 Å². The number of benzene rings is 2. The number of amides is 2. The van der Waals surface area contributed by atoms with Crippen LogP contribution in [0, 0.1) is 13.8 Å². The van der Waals surface area contributed by atoms with E-state index in [1.165, 1.54) is 12.0 Å². The van der Waals surface area contributed by atoms with Gasteiger partial charge in [0.15, 0.2) is 0 Å². The van der Waals surface area contributed by atoms with Crippen molar-refractivity contribution < 1.29 is 14.3 Å². The normalized spacial score (nSPS) is 14.1. The molecule has 1 heterocycles. The Balaban J connectivity index is 2.10. The average molecular weight is 399 g/mol. The molecule has 1 N–H and O–H groups in total. The molecule has 1 aliphatic rings. The number of carbonyl (C=O) groups is 2. The molecular formula is C22H23ClN2O3. The van der Waals surface area contributed by atoms with Gasteiger partial charge in [-0.3, -0.25) is 14.5 Å². The van der Waals surface area contributed by atoms with E-state index in [1.807, 2.05) is 39.0 Å². The van der Waals surface area contributed by atoms with Crippen molar-refractivity contribution in [1.29, 1.82) is 0 Å². The SMILES string of the molecule is CCCN1C(=O)C(Nc2ccc(OC)c(Cl)c2)=C(c2ccc(C)cc2C)C1=O. The Bertz CT molecular complexity index is 982. The van der Waals surface area contributed by atoms with Gasteiger partial charge in [0.25, 0.3) is 11.8 Å². The molecule has 2 aromatic carbocycles. The highest BCUT2D eigenvalue weighted by Gasteiger charge is 2.39. The molecule has 0 atom stereocenters. The quantitative estimate of drug-likeness (QED) is 0.724. The van der Waals surface area contributed by atoms with Crippen LogP contribution in [-0.4, -0.2) is 30.4 Å². The van der Waals surface area contributed by atoms with Crippen LogP contribution < -0.4 is 10.1 Å². The monoisotopic (exact) mass is 398 g/mol. The number of nitrogens with zero attached hydrogens (tertiary/aromatic N) is 1. The smallest absolute Gasteiger partial charge is 0.278 e. The number of anilines is 1. The Labute approximate surface area is 169 Å². The summed E-state index contributed by atoms with van der Waals surface area (Å²) in [6.07, 6.45) is 0.694. The zero-order valence-electron chi connectivity index (χ0n) is 16.4. The summed E-state index contributed by atoms with van der Waals surface area (Å²) in [7, 11) is 1.54. The molecule has 0 aliphatic carbocycles. The van der Waals surface area contributed by atoms with Crippen LogP contribution in [0.15, 0.2) is 42.1 Å². The highest BCUT2D eigenvalue weighted by Crippen LogP contribution is 2.34. The number of ether oxygens (including phenoxy) is 1. The molecule has 3 rings (SSSR count). The minimum absolute atomic E-state index is 0.270. The van der Waals surface area contributed by atoms with Gasteiger partial charge in [0.2, 0.25) is 0 Å². The molecule has 0 fully saturated rings. The maximum Gasteiger partial charge on any atom is 0.278 e. The number of nitrogens with one attached hydrogen (secondary N) is 1. The van der Waals surface area contributed by atoms with E-state index in [0.717, 1.165) is 16.7 Å². The fourth-order valence-electron chi connectivity index (χ4n) is 3.35. The number of hydrogen-bond donors (Lipinski definition) is 1. The van der Waals surface area contributed by atoms with E-state index in [2.05, 4.69) is 5.32 Å². The summed E-state index contributed by atoms with van der Waals surface area (Å²) >= 11 is 6.21. The number of aryl methyl sites for hydroxylation is 2. The number of methoxy groups -OCH3 is 1. The molecule has 1 aliphatic heterocycles. The van der Waals surface area contributed by atoms with Gasteiger partial charge in [0, 0.05) is 12.2 Å². The summed E-state index contributed by atoms with van der Waals surface area (Å²) in [4.78, 5) is 27.4. The van der Waals surface area contributed by atoms with Crippen LogP contribution in [-0.2, 0) is 9.59 Å². The van der Waals surface area contributed by atoms with Crippen molar-refractivity contribution in [1.82, 2.24) is 4.90 Å². The summed E-state index contributed by atoms with van der Waals surface area (Å²) in [6, 6.07) is 11.0. The molecule has 6 heteroatoms. The number of imide groups is 1. The maximum absolute atomic E-state index is 13.1. The average Bonchev–Trinajstić information content (AvgIpc) is 2.87. The molecule has 0 radical (unpaired) electrons. The van der Waals surface area contributed by atoms with E-state index in [-0.39, 0.29) is 17.5 Å². The zero-order chi connectivity index (χ0) is 20.4. The third kappa shape index (κ3) is 3.62. The van der Waals surface area contributed by atoms with E-state index in [4.69, 9.17) is 16.3 Å². The first-order valence-electron chi connectivity index (χ1n) is 9.16. The number of hydrogen-bond acceptors (Lipinski definition) is 4. The number of halogens is 1. The van der Waals surface area contributed by atoms with Gasteiger partial charge < -0.3 is 10.1 Å². The second kappa shape index (κ2) is 8.07. The molecular weight excluding hydrogens is 376 g/mol. The van der Waals surface area contributed by atoms with E-state index in [9.17, 15) is 9.59 Å². The van der Waals surface area contributed by atoms with Crippen LogP contribution in [0.4, 0.5) is 5.69 Å². The molecule has 5 nitrogen and oxygen atoms in total. The van der Waals surface area contributed by atoms with Crippen LogP contribution in [0.1, 0.15) is 30.0 Å². The summed E-state index contributed by atoms with van der Waals surface area (Å²) < 4.78 is 5.17. The number of carbonyl (C=O) groups excluding carboxylic acids is 2. The Kier molecular flexibility index (Phi) is 5.75. The predicted octanol–water partition coefficient (Wildman–Crippen LogP) is 4.57. The van der Waals surface area contributed by atoms with Crippen molar-refractivity contribution in [2.45, 2.75) is 27.2 Å². The van der Waals surface area contributed by atoms with Crippen molar-refractivity contribution in [2.75, 3.05) is 19.0 Å². The van der Waals surface area contributed by atoms with Gasteiger partial charge in [0.05, 0.1) is 17.7 Å². The van der Waals surface area contributed by atoms with Gasteiger partial charge in [-0.2, -0.15) is 0 Å². The van der Waals surface area contributed by atoms with Crippen molar-refractivity contribution in [3.05, 3.63) is 63.8 Å². The van der Waals surface area contributed by atoms with Crippen LogP contribution in [0.5, 0.6) is 5.75 Å². The Morgan fingerprint density at radius 2 is 1.82 bits per heavy atom. The Hall–Kier alpha value is -2.79. The minimum Gasteiger partial charge on any atom is -0.495 e. The number of rotatable bonds is 6. The lowest BCUT2D eigenvalue weighted by Gasteiger charge is -2.14. The van der Waals surface area contributed by atoms with Crippen LogP contribution >= 0.6 is 11.6 Å². The summed E-state index contributed by atoms with van der Waals surface area (Å²) in [6.45, 7) is 6.25. The molecule has 0 spiro atoms. The highest BCUT2D eigenvalue weighted by molar-refractivity contribution is 6.37. The largest absolute Gasteiger partial charge is 0.495 e. The summed E-state index contributed by atoms with van der Waals surface area (Å²) in [5, 5.41) is 3.54. The molecule has 0 saturated heterocycles. The van der Waals surface area contributed by atoms with Gasteiger partial charge in [-0.05, 0) is 49.6 Å². The van der Waals surface area contributed by atoms with Gasteiger partial charge in [-0.15, -0.1) is 0 Å². The molecule has 0 unspecified atom stereocenters. The molecule has 28 heavy (non-hydrogen) atoms. The third-order valence-electron chi connectivity index (χ3n) is 4.69. The lowest BCUT2D eigenvalue weighted by Crippen LogP contribution is -2.33. The van der Waals surface area contributed by atoms with Crippen LogP contribution in [0.25, 0.3) is 5.57 Å². The topological polar surface area (TPSA) is 58.6 Å². The minimum atomic E-state index is -0.325. The summed E-state index contributed by atoms with van der Waals surface area (Å²) in [5.74, 6) is -0.0630. The molecule has 0 bridgehead atoms. The van der Waals surface area contributed by atoms with Crippen LogP contribution in [0.3, 0.4) is 0 Å². The van der Waals surface area contributed by atoms with Gasteiger partial charge >= 0.3 is 0 Å². The van der Waals surface area contributed by atoms with Gasteiger partial charge in [-0.25, -0.2) is 0 Å². The first-order valence-corrected chi connectivity index (χ1v) is 9.53. The molecule has 2 amide bonds. The fourth-order valence-corrected chi connectivity index (χ4v) is 3.61. The van der Waals surface area contributed by atoms with E-state index in [0.29, 0.717) is 35.0 Å². The van der Waals surface area contributed by atoms with Crippen molar-refractivity contribution in [3.8, 4) is 5.75 Å². The van der Waals surface area contributed by atoms with Gasteiger partial charge in [-0.1, -0.05) is 42.3 Å². The first-order chi connectivity index (χ1) is 13.4. The lowest BCUT2D eigenvalue weighted by molar-refractivity contribution is -0.136. The van der Waals surface area contributed by atoms with Crippen molar-refractivity contribution >= 4 is 34.7 Å². The Morgan fingerprint density at radius 3 is 2.43 bits per heavy atom. The predicted molar refractivity (Wildman–Crippen MR) is 111 cm³/mol. The molecule has 146 valence electrons. The molecule has 0 aromatic heterocycles. The summed E-state index contributed by atoms with van der Waals surface area (Å²) in [5.41, 5.74) is 4.07. The van der Waals surface area contributed by atoms with Crippen LogP contribution in [0.2, 0.25) is 5.02 Å². The molecule has 2 aromatic rings. The standard InChI is InChI=1S/C22H23ClN2O3/c1-5-10-25-21(26)19(16-8-6-13(2)11-14(16)3)20(22(25)27)24-15-7-9-18(28-4)17(23)12-15/h6-9,11-12,24H,5,10H2,1-4H3. The van der Waals surface area contributed by atoms with E-state index >= 15 is 0 Å². The van der Waals surface area contributed by atoms with Crippen molar-refractivity contribution in [2.24, 2.45) is 0 Å². The van der Waals surface area contributed by atoms with Crippen molar-refractivity contribution in [3.63, 3.8) is 0 Å². The van der Waals surface area contributed by atoms with E-state index < -0.39 is 0 Å². The Morgan fingerprint density at radius 1 is 1.07 bits per heavy atom. The maximum atomic E-state index is 13.1. The lowest BCUT2D eigenvalue weighted by atomic mass is 9.97. The molecule has 0 saturated carbocycles. The first kappa shape index (κ1) is 20.0. The highest BCUT2D eigenvalue weighted by atomic mass is 35.5. The zero-order valence-corrected chi connectivity index (χ0v) is 17.2. The second-order valence-corrected chi connectivity index (χ2v) is 7.21. The second-order valence-electron chi connectivity index (χ2n) is 6.80. The third-order valence-corrected chi connectivity index (χ3v) is 4.98. The fraction of sp³-hybridized carbons (Fsp3) is 0.273.